The number of unbranched alkanes of at least 4 members (excludes halogenated alkanes) is 8. The number of rotatable bonds is 14. The van der Waals surface area contributed by atoms with E-state index in [4.69, 9.17) is 9.47 Å². The number of ether oxygens (including phenoxy) is 2. The Bertz CT molecular complexity index is 1180. The van der Waals surface area contributed by atoms with Gasteiger partial charge in [0.05, 0.1) is 24.8 Å². The largest absolute Gasteiger partial charge is 0.504 e. The second-order valence-corrected chi connectivity index (χ2v) is 9.09. The van der Waals surface area contributed by atoms with Gasteiger partial charge in [-0.2, -0.15) is 5.26 Å². The molecule has 0 saturated heterocycles. The quantitative estimate of drug-likeness (QED) is 0.124. The summed E-state index contributed by atoms with van der Waals surface area (Å²) in [5, 5.41) is 42.4. The zero-order chi connectivity index (χ0) is 25.2. The number of phenols is 3. The van der Waals surface area contributed by atoms with Gasteiger partial charge in [-0.05, 0) is 47.9 Å². The van der Waals surface area contributed by atoms with Crippen molar-refractivity contribution in [2.75, 3.05) is 13.2 Å². The summed E-state index contributed by atoms with van der Waals surface area (Å²) in [5.41, 5.74) is 0.340. The van der Waals surface area contributed by atoms with Crippen molar-refractivity contribution < 1.29 is 24.8 Å². The van der Waals surface area contributed by atoms with Gasteiger partial charge < -0.3 is 24.8 Å². The molecule has 0 atom stereocenters. The molecule has 0 amide bonds. The molecule has 3 aromatic carbocycles. The van der Waals surface area contributed by atoms with Gasteiger partial charge in [0.15, 0.2) is 23.0 Å². The third-order valence-corrected chi connectivity index (χ3v) is 6.38. The Kier molecular flexibility index (Phi) is 9.72. The summed E-state index contributed by atoms with van der Waals surface area (Å²) in [5.74, 6) is -0.321. The van der Waals surface area contributed by atoms with Crippen LogP contribution in [0, 0.1) is 11.3 Å². The molecule has 0 aliphatic rings. The Hall–Kier alpha value is -3.33. The van der Waals surface area contributed by atoms with E-state index in [1.807, 2.05) is 12.1 Å². The van der Waals surface area contributed by atoms with Crippen LogP contribution in [0.3, 0.4) is 0 Å². The number of benzene rings is 3. The average molecular weight is 480 g/mol. The smallest absolute Gasteiger partial charge is 0.200 e. The maximum absolute atomic E-state index is 10.4. The van der Waals surface area contributed by atoms with Gasteiger partial charge in [0.1, 0.15) is 0 Å². The van der Waals surface area contributed by atoms with Crippen LogP contribution in [-0.2, 0) is 0 Å². The van der Waals surface area contributed by atoms with Crippen LogP contribution in [0.4, 0.5) is 0 Å². The van der Waals surface area contributed by atoms with E-state index in [1.54, 1.807) is 0 Å². The Labute approximate surface area is 207 Å². The second kappa shape index (κ2) is 12.9. The molecule has 0 heterocycles. The minimum absolute atomic E-state index is 0.291. The fraction of sp³-hybridized carbons (Fsp3) is 0.483. The first kappa shape index (κ1) is 26.3. The molecule has 6 heteroatoms. The minimum atomic E-state index is -0.604. The minimum Gasteiger partial charge on any atom is -0.504 e. The van der Waals surface area contributed by atoms with Gasteiger partial charge in [-0.15, -0.1) is 0 Å². The van der Waals surface area contributed by atoms with Crippen molar-refractivity contribution in [3.63, 3.8) is 0 Å². The zero-order valence-electron chi connectivity index (χ0n) is 20.9. The van der Waals surface area contributed by atoms with Crippen molar-refractivity contribution in [3.05, 3.63) is 29.8 Å². The van der Waals surface area contributed by atoms with Gasteiger partial charge in [-0.25, -0.2) is 0 Å². The highest BCUT2D eigenvalue weighted by Crippen LogP contribution is 2.46. The molecule has 35 heavy (non-hydrogen) atoms. The number of hydrogen-bond donors (Lipinski definition) is 3. The van der Waals surface area contributed by atoms with E-state index in [9.17, 15) is 20.6 Å². The molecule has 0 bridgehead atoms. The van der Waals surface area contributed by atoms with Gasteiger partial charge >= 0.3 is 0 Å². The monoisotopic (exact) mass is 479 g/mol. The number of aromatic hydroxyl groups is 3. The molecule has 0 aromatic heterocycles. The SMILES string of the molecule is CCCCCCCOc1cc2c(C#N)cc3c(O)c(O)c(O)cc3c2cc1OCCCCCCC. The first-order valence-electron chi connectivity index (χ1n) is 12.9. The topological polar surface area (TPSA) is 103 Å². The molecule has 188 valence electrons. The zero-order valence-corrected chi connectivity index (χ0v) is 20.9. The summed E-state index contributed by atoms with van der Waals surface area (Å²) in [4.78, 5) is 0. The van der Waals surface area contributed by atoms with E-state index in [-0.39, 0.29) is 0 Å². The highest BCUT2D eigenvalue weighted by molar-refractivity contribution is 6.13. The lowest BCUT2D eigenvalue weighted by Crippen LogP contribution is -2.03. The lowest BCUT2D eigenvalue weighted by molar-refractivity contribution is 0.259. The van der Waals surface area contributed by atoms with Crippen molar-refractivity contribution in [3.8, 4) is 34.8 Å². The Morgan fingerprint density at radius 2 is 1.14 bits per heavy atom. The molecule has 3 N–H and O–H groups in total. The number of nitrogens with zero attached hydrogens (tertiary/aromatic N) is 1. The summed E-state index contributed by atoms with van der Waals surface area (Å²) < 4.78 is 12.3. The van der Waals surface area contributed by atoms with Gasteiger partial charge in [0.2, 0.25) is 5.75 Å². The van der Waals surface area contributed by atoms with Crippen molar-refractivity contribution in [2.45, 2.75) is 78.1 Å². The summed E-state index contributed by atoms with van der Waals surface area (Å²) in [6.45, 7) is 5.49. The van der Waals surface area contributed by atoms with Crippen LogP contribution in [-0.4, -0.2) is 28.5 Å². The molecular weight excluding hydrogens is 442 g/mol. The predicted molar refractivity (Wildman–Crippen MR) is 140 cm³/mol. The van der Waals surface area contributed by atoms with E-state index >= 15 is 0 Å². The number of fused-ring (bicyclic) bond motifs is 3. The average Bonchev–Trinajstić information content (AvgIpc) is 2.86. The molecule has 3 aromatic rings. The summed E-state index contributed by atoms with van der Waals surface area (Å²) in [7, 11) is 0. The first-order valence-corrected chi connectivity index (χ1v) is 12.9. The molecule has 0 radical (unpaired) electrons. The summed E-state index contributed by atoms with van der Waals surface area (Å²) >= 11 is 0. The van der Waals surface area contributed by atoms with Crippen molar-refractivity contribution in [2.24, 2.45) is 0 Å². The fourth-order valence-electron chi connectivity index (χ4n) is 4.35. The normalized spacial score (nSPS) is 11.1. The molecule has 0 spiro atoms. The first-order chi connectivity index (χ1) is 17.0. The molecule has 0 aliphatic heterocycles. The molecule has 3 rings (SSSR count). The van der Waals surface area contributed by atoms with Crippen LogP contribution in [0.15, 0.2) is 24.3 Å². The standard InChI is InChI=1S/C29H37NO5/c1-3-5-7-9-11-13-34-26-17-21-20(19-30)15-24-22(16-25(31)29(33)28(24)32)23(21)18-27(26)35-14-12-10-8-6-4-2/h15-18,31-33H,3-14H2,1-2H3. The van der Waals surface area contributed by atoms with Crippen LogP contribution in [0.1, 0.15) is 83.6 Å². The van der Waals surface area contributed by atoms with Gasteiger partial charge in [-0.1, -0.05) is 65.2 Å². The third kappa shape index (κ3) is 6.42. The Morgan fingerprint density at radius 1 is 0.629 bits per heavy atom. The van der Waals surface area contributed by atoms with Crippen LogP contribution < -0.4 is 9.47 Å². The van der Waals surface area contributed by atoms with Crippen LogP contribution in [0.5, 0.6) is 28.7 Å². The van der Waals surface area contributed by atoms with E-state index in [0.29, 0.717) is 51.8 Å². The van der Waals surface area contributed by atoms with E-state index < -0.39 is 17.2 Å². The van der Waals surface area contributed by atoms with E-state index in [0.717, 1.165) is 25.7 Å². The van der Waals surface area contributed by atoms with Crippen molar-refractivity contribution in [1.29, 1.82) is 5.26 Å². The lowest BCUT2D eigenvalue weighted by atomic mass is 9.96. The predicted octanol–water partition coefficient (Wildman–Crippen LogP) is 7.68. The van der Waals surface area contributed by atoms with E-state index in [2.05, 4.69) is 19.9 Å². The maximum Gasteiger partial charge on any atom is 0.200 e. The van der Waals surface area contributed by atoms with Crippen molar-refractivity contribution >= 4 is 21.5 Å². The molecule has 6 nitrogen and oxygen atoms in total. The Balaban J connectivity index is 1.98. The highest BCUT2D eigenvalue weighted by atomic mass is 16.5. The molecule has 0 fully saturated rings. The van der Waals surface area contributed by atoms with Crippen LogP contribution in [0.25, 0.3) is 21.5 Å². The number of phenolic OH excluding ortho intramolecular Hbond substituents is 3. The van der Waals surface area contributed by atoms with Crippen LogP contribution >= 0.6 is 0 Å². The lowest BCUT2D eigenvalue weighted by Gasteiger charge is -2.16. The van der Waals surface area contributed by atoms with Gasteiger partial charge in [0, 0.05) is 10.8 Å². The molecule has 0 unspecified atom stereocenters. The van der Waals surface area contributed by atoms with Crippen LogP contribution in [0.2, 0.25) is 0 Å². The summed E-state index contributed by atoms with van der Waals surface area (Å²) in [6, 6.07) is 8.73. The van der Waals surface area contributed by atoms with Gasteiger partial charge in [-0.3, -0.25) is 0 Å². The molecule has 0 saturated carbocycles. The fourth-order valence-corrected chi connectivity index (χ4v) is 4.35. The number of hydrogen-bond acceptors (Lipinski definition) is 6. The van der Waals surface area contributed by atoms with E-state index in [1.165, 1.54) is 50.7 Å². The maximum atomic E-state index is 10.4. The van der Waals surface area contributed by atoms with Crippen molar-refractivity contribution in [1.82, 2.24) is 0 Å². The highest BCUT2D eigenvalue weighted by Gasteiger charge is 2.18. The molecular formula is C29H37NO5. The summed E-state index contributed by atoms with van der Waals surface area (Å²) in [6.07, 6.45) is 11.2. The Morgan fingerprint density at radius 3 is 1.69 bits per heavy atom. The molecule has 0 aliphatic carbocycles. The number of nitriles is 1. The third-order valence-electron chi connectivity index (χ3n) is 6.38. The van der Waals surface area contributed by atoms with Gasteiger partial charge in [0.25, 0.3) is 0 Å². The second-order valence-electron chi connectivity index (χ2n) is 9.09.